The molecule has 0 unspecified atom stereocenters. The summed E-state index contributed by atoms with van der Waals surface area (Å²) in [4.78, 5) is 0. The summed E-state index contributed by atoms with van der Waals surface area (Å²) < 4.78 is 5.44. The molecule has 0 atom stereocenters. The third-order valence-corrected chi connectivity index (χ3v) is 1.51. The normalized spacial score (nSPS) is 9.33. The molecule has 63 valence electrons. The van der Waals surface area contributed by atoms with Gasteiger partial charge in [-0.2, -0.15) is 0 Å². The Morgan fingerprint density at radius 1 is 1.25 bits per heavy atom. The van der Waals surface area contributed by atoms with Gasteiger partial charge in [-0.25, -0.2) is 0 Å². The molecule has 1 heteroatoms. The maximum absolute atomic E-state index is 5.44. The third kappa shape index (κ3) is 3.24. The van der Waals surface area contributed by atoms with E-state index in [1.807, 2.05) is 30.3 Å². The van der Waals surface area contributed by atoms with E-state index in [-0.39, 0.29) is 0 Å². The molecular weight excluding hydrogens is 148 g/mol. The second-order valence-electron chi connectivity index (χ2n) is 2.52. The lowest BCUT2D eigenvalue weighted by Crippen LogP contribution is -1.95. The van der Waals surface area contributed by atoms with Gasteiger partial charge < -0.3 is 4.74 Å². The fourth-order valence-corrected chi connectivity index (χ4v) is 0.904. The van der Waals surface area contributed by atoms with E-state index in [0.29, 0.717) is 0 Å². The SMILES string of the molecule is C=[C]CCCOc1ccccc1. The minimum Gasteiger partial charge on any atom is -0.494 e. The van der Waals surface area contributed by atoms with Gasteiger partial charge >= 0.3 is 0 Å². The van der Waals surface area contributed by atoms with Gasteiger partial charge in [-0.3, -0.25) is 0 Å². The van der Waals surface area contributed by atoms with E-state index in [9.17, 15) is 0 Å². The number of benzene rings is 1. The molecule has 1 radical (unpaired) electrons. The van der Waals surface area contributed by atoms with Crippen LogP contribution >= 0.6 is 0 Å². The van der Waals surface area contributed by atoms with Crippen LogP contribution in [0.3, 0.4) is 0 Å². The molecule has 12 heavy (non-hydrogen) atoms. The smallest absolute Gasteiger partial charge is 0.119 e. The number of hydrogen-bond donors (Lipinski definition) is 0. The fourth-order valence-electron chi connectivity index (χ4n) is 0.904. The maximum atomic E-state index is 5.44. The molecule has 0 aliphatic carbocycles. The van der Waals surface area contributed by atoms with Gasteiger partial charge in [0.1, 0.15) is 5.75 Å². The predicted molar refractivity (Wildman–Crippen MR) is 50.0 cm³/mol. The highest BCUT2D eigenvalue weighted by Crippen LogP contribution is 2.08. The van der Waals surface area contributed by atoms with E-state index in [2.05, 4.69) is 12.7 Å². The Hall–Kier alpha value is -1.24. The van der Waals surface area contributed by atoms with Gasteiger partial charge in [-0.15, -0.1) is 0 Å². The van der Waals surface area contributed by atoms with Crippen LogP contribution in [0.25, 0.3) is 0 Å². The van der Waals surface area contributed by atoms with E-state index in [1.54, 1.807) is 0 Å². The first-order valence-electron chi connectivity index (χ1n) is 4.11. The van der Waals surface area contributed by atoms with Crippen molar-refractivity contribution in [3.8, 4) is 5.75 Å². The largest absolute Gasteiger partial charge is 0.494 e. The van der Waals surface area contributed by atoms with Crippen LogP contribution in [0.1, 0.15) is 12.8 Å². The van der Waals surface area contributed by atoms with E-state index in [0.717, 1.165) is 25.2 Å². The molecule has 0 heterocycles. The van der Waals surface area contributed by atoms with Crippen LogP contribution in [0.15, 0.2) is 36.9 Å². The average molecular weight is 161 g/mol. The van der Waals surface area contributed by atoms with Crippen molar-refractivity contribution < 1.29 is 4.74 Å². The quantitative estimate of drug-likeness (QED) is 0.603. The Bertz CT molecular complexity index is 216. The summed E-state index contributed by atoms with van der Waals surface area (Å²) in [7, 11) is 0. The van der Waals surface area contributed by atoms with Gasteiger partial charge in [-0.1, -0.05) is 30.9 Å². The monoisotopic (exact) mass is 161 g/mol. The van der Waals surface area contributed by atoms with E-state index >= 15 is 0 Å². The number of para-hydroxylation sites is 1. The van der Waals surface area contributed by atoms with Crippen molar-refractivity contribution in [2.45, 2.75) is 12.8 Å². The van der Waals surface area contributed by atoms with Crippen molar-refractivity contribution >= 4 is 0 Å². The molecule has 1 aromatic rings. The van der Waals surface area contributed by atoms with Gasteiger partial charge in [0, 0.05) is 0 Å². The van der Waals surface area contributed by atoms with Gasteiger partial charge in [0.05, 0.1) is 6.61 Å². The Morgan fingerprint density at radius 3 is 2.67 bits per heavy atom. The van der Waals surface area contributed by atoms with E-state index < -0.39 is 0 Å². The average Bonchev–Trinajstić information content (AvgIpc) is 2.14. The van der Waals surface area contributed by atoms with Crippen molar-refractivity contribution in [1.82, 2.24) is 0 Å². The number of hydrogen-bond acceptors (Lipinski definition) is 1. The lowest BCUT2D eigenvalue weighted by atomic mass is 10.3. The fraction of sp³-hybridized carbons (Fsp3) is 0.273. The van der Waals surface area contributed by atoms with Crippen LogP contribution in [0.4, 0.5) is 0 Å². The summed E-state index contributed by atoms with van der Waals surface area (Å²) in [6.07, 6.45) is 4.70. The molecular formula is C11H13O. The molecule has 0 bridgehead atoms. The van der Waals surface area contributed by atoms with Crippen molar-refractivity contribution in [3.05, 3.63) is 43.0 Å². The van der Waals surface area contributed by atoms with Crippen LogP contribution in [-0.4, -0.2) is 6.61 Å². The molecule has 0 aliphatic heterocycles. The summed E-state index contributed by atoms with van der Waals surface area (Å²) in [5.41, 5.74) is 0. The van der Waals surface area contributed by atoms with E-state index in [1.165, 1.54) is 0 Å². The van der Waals surface area contributed by atoms with Crippen LogP contribution in [0, 0.1) is 6.08 Å². The summed E-state index contributed by atoms with van der Waals surface area (Å²) in [5, 5.41) is 0. The third-order valence-electron chi connectivity index (χ3n) is 1.51. The highest BCUT2D eigenvalue weighted by atomic mass is 16.5. The van der Waals surface area contributed by atoms with Crippen LogP contribution in [-0.2, 0) is 0 Å². The minimum absolute atomic E-state index is 0.743. The summed E-state index contributed by atoms with van der Waals surface area (Å²) in [5.74, 6) is 0.932. The van der Waals surface area contributed by atoms with Gasteiger partial charge in [-0.05, 0) is 25.0 Å². The molecule has 1 nitrogen and oxygen atoms in total. The molecule has 1 aromatic carbocycles. The first kappa shape index (κ1) is 8.85. The first-order chi connectivity index (χ1) is 5.93. The molecule has 0 fully saturated rings. The molecule has 0 amide bonds. The zero-order chi connectivity index (χ0) is 8.65. The molecule has 0 aromatic heterocycles. The maximum Gasteiger partial charge on any atom is 0.119 e. The molecule has 0 saturated carbocycles. The highest BCUT2D eigenvalue weighted by Gasteiger charge is 1.89. The van der Waals surface area contributed by atoms with Crippen LogP contribution < -0.4 is 4.74 Å². The van der Waals surface area contributed by atoms with Crippen LogP contribution in [0.2, 0.25) is 0 Å². The Balaban J connectivity index is 2.20. The van der Waals surface area contributed by atoms with Crippen molar-refractivity contribution in [2.24, 2.45) is 0 Å². The lowest BCUT2D eigenvalue weighted by Gasteiger charge is -2.03. The molecule has 0 saturated heterocycles. The topological polar surface area (TPSA) is 9.23 Å². The zero-order valence-corrected chi connectivity index (χ0v) is 7.12. The number of allylic oxidation sites excluding steroid dienone is 1. The van der Waals surface area contributed by atoms with Crippen molar-refractivity contribution in [1.29, 1.82) is 0 Å². The minimum atomic E-state index is 0.743. The number of unbranched alkanes of at least 4 members (excludes halogenated alkanes) is 1. The second-order valence-corrected chi connectivity index (χ2v) is 2.52. The van der Waals surface area contributed by atoms with Crippen molar-refractivity contribution in [2.75, 3.05) is 6.61 Å². The first-order valence-corrected chi connectivity index (χ1v) is 4.11. The zero-order valence-electron chi connectivity index (χ0n) is 7.12. The Labute approximate surface area is 73.7 Å². The second kappa shape index (κ2) is 5.42. The standard InChI is InChI=1S/C11H13O/c1-2-3-7-10-12-11-8-5-4-6-9-11/h4-6,8-9H,1,3,7,10H2. The van der Waals surface area contributed by atoms with Gasteiger partial charge in [0.15, 0.2) is 0 Å². The summed E-state index contributed by atoms with van der Waals surface area (Å²) in [6.45, 7) is 4.27. The van der Waals surface area contributed by atoms with E-state index in [4.69, 9.17) is 4.74 Å². The summed E-state index contributed by atoms with van der Waals surface area (Å²) >= 11 is 0. The molecule has 0 spiro atoms. The number of rotatable bonds is 5. The Morgan fingerprint density at radius 2 is 2.00 bits per heavy atom. The predicted octanol–water partition coefficient (Wildman–Crippen LogP) is 2.83. The summed E-state index contributed by atoms with van der Waals surface area (Å²) in [6, 6.07) is 9.82. The van der Waals surface area contributed by atoms with Crippen LogP contribution in [0.5, 0.6) is 5.75 Å². The lowest BCUT2D eigenvalue weighted by molar-refractivity contribution is 0.311. The molecule has 1 rings (SSSR count). The highest BCUT2D eigenvalue weighted by molar-refractivity contribution is 5.20. The Kier molecular flexibility index (Phi) is 4.00. The molecule has 0 N–H and O–H groups in total. The van der Waals surface area contributed by atoms with Gasteiger partial charge in [0.25, 0.3) is 0 Å². The van der Waals surface area contributed by atoms with Crippen molar-refractivity contribution in [3.63, 3.8) is 0 Å². The molecule has 0 aliphatic rings. The van der Waals surface area contributed by atoms with Gasteiger partial charge in [0.2, 0.25) is 0 Å². The number of ether oxygens (including phenoxy) is 1.